The number of aryl methyl sites for hydroxylation is 1. The molecule has 0 radical (unpaired) electrons. The summed E-state index contributed by atoms with van der Waals surface area (Å²) in [6, 6.07) is 5.21. The van der Waals surface area contributed by atoms with Crippen LogP contribution in [0.3, 0.4) is 0 Å². The lowest BCUT2D eigenvalue weighted by Gasteiger charge is -2.32. The maximum Gasteiger partial charge on any atom is 0.257 e. The van der Waals surface area contributed by atoms with E-state index in [9.17, 15) is 9.59 Å². The van der Waals surface area contributed by atoms with Crippen molar-refractivity contribution in [3.05, 3.63) is 70.4 Å². The van der Waals surface area contributed by atoms with E-state index in [0.29, 0.717) is 30.2 Å². The van der Waals surface area contributed by atoms with Crippen LogP contribution in [0.25, 0.3) is 11.4 Å². The number of nitrogens with one attached hydrogen (secondary N) is 1. The Labute approximate surface area is 161 Å². The molecule has 1 unspecified atom stereocenters. The molecule has 8 nitrogen and oxygen atoms in total. The monoisotopic (exact) mass is 376 g/mol. The van der Waals surface area contributed by atoms with E-state index in [1.54, 1.807) is 23.5 Å². The van der Waals surface area contributed by atoms with Gasteiger partial charge in [-0.15, -0.1) is 0 Å². The lowest BCUT2D eigenvalue weighted by atomic mass is 9.94. The second kappa shape index (κ2) is 7.67. The average molecular weight is 376 g/mol. The Kier molecular flexibility index (Phi) is 4.92. The predicted molar refractivity (Wildman–Crippen MR) is 103 cm³/mol. The van der Waals surface area contributed by atoms with Crippen LogP contribution in [-0.4, -0.2) is 48.8 Å². The molecule has 4 heterocycles. The van der Waals surface area contributed by atoms with Crippen LogP contribution >= 0.6 is 0 Å². The number of piperidine rings is 1. The second-order valence-electron chi connectivity index (χ2n) is 6.86. The smallest absolute Gasteiger partial charge is 0.257 e. The quantitative estimate of drug-likeness (QED) is 0.749. The molecule has 0 aromatic carbocycles. The van der Waals surface area contributed by atoms with Gasteiger partial charge >= 0.3 is 0 Å². The van der Waals surface area contributed by atoms with Crippen molar-refractivity contribution in [1.82, 2.24) is 29.8 Å². The molecule has 0 saturated carbocycles. The van der Waals surface area contributed by atoms with Gasteiger partial charge in [-0.1, -0.05) is 0 Å². The van der Waals surface area contributed by atoms with Crippen molar-refractivity contribution >= 4 is 5.91 Å². The number of hydrogen-bond acceptors (Lipinski definition) is 6. The molecule has 4 rings (SSSR count). The molecule has 1 aliphatic heterocycles. The van der Waals surface area contributed by atoms with Crippen molar-refractivity contribution in [3.63, 3.8) is 0 Å². The predicted octanol–water partition coefficient (Wildman–Crippen LogP) is 1.95. The summed E-state index contributed by atoms with van der Waals surface area (Å²) in [6.07, 6.45) is 8.14. The third-order valence-electron chi connectivity index (χ3n) is 4.96. The van der Waals surface area contributed by atoms with Gasteiger partial charge in [-0.05, 0) is 31.9 Å². The largest absolute Gasteiger partial charge is 0.338 e. The Bertz CT molecular complexity index is 1050. The highest BCUT2D eigenvalue weighted by Gasteiger charge is 2.27. The fourth-order valence-electron chi connectivity index (χ4n) is 3.49. The van der Waals surface area contributed by atoms with Gasteiger partial charge < -0.3 is 9.88 Å². The summed E-state index contributed by atoms with van der Waals surface area (Å²) >= 11 is 0. The molecule has 0 bridgehead atoms. The average Bonchev–Trinajstić information content (AvgIpc) is 2.74. The Morgan fingerprint density at radius 1 is 1.29 bits per heavy atom. The van der Waals surface area contributed by atoms with Crippen molar-refractivity contribution in [2.45, 2.75) is 25.7 Å². The fourth-order valence-corrected chi connectivity index (χ4v) is 3.49. The molecule has 8 heteroatoms. The first-order valence-electron chi connectivity index (χ1n) is 9.20. The summed E-state index contributed by atoms with van der Waals surface area (Å²) in [5, 5.41) is 0. The minimum atomic E-state index is -0.177. The minimum Gasteiger partial charge on any atom is -0.338 e. The fraction of sp³-hybridized carbons (Fsp3) is 0.300. The Balaban J connectivity index is 1.54. The van der Waals surface area contributed by atoms with Crippen molar-refractivity contribution in [3.8, 4) is 11.4 Å². The van der Waals surface area contributed by atoms with Crippen LogP contribution in [0.4, 0.5) is 0 Å². The van der Waals surface area contributed by atoms with E-state index in [0.717, 1.165) is 24.1 Å². The van der Waals surface area contributed by atoms with E-state index in [4.69, 9.17) is 0 Å². The molecular formula is C20H20N6O2. The van der Waals surface area contributed by atoms with Crippen LogP contribution < -0.4 is 5.56 Å². The van der Waals surface area contributed by atoms with Crippen LogP contribution in [0.5, 0.6) is 0 Å². The summed E-state index contributed by atoms with van der Waals surface area (Å²) in [5.74, 6) is 0.507. The zero-order valence-electron chi connectivity index (χ0n) is 15.5. The van der Waals surface area contributed by atoms with Crippen LogP contribution in [0.1, 0.15) is 40.5 Å². The van der Waals surface area contributed by atoms with E-state index >= 15 is 0 Å². The van der Waals surface area contributed by atoms with Gasteiger partial charge in [-0.25, -0.2) is 15.0 Å². The van der Waals surface area contributed by atoms with Gasteiger partial charge in [0.05, 0.1) is 23.3 Å². The molecule has 142 valence electrons. The van der Waals surface area contributed by atoms with Crippen molar-refractivity contribution in [2.24, 2.45) is 0 Å². The number of likely N-dealkylation sites (tertiary alicyclic amines) is 1. The SMILES string of the molecule is Cc1nc(-c2cccnc2)ncc1C(=O)N1CCCC(c2cc(=O)[nH]cn2)C1. The summed E-state index contributed by atoms with van der Waals surface area (Å²) < 4.78 is 0. The van der Waals surface area contributed by atoms with Gasteiger partial charge in [-0.2, -0.15) is 0 Å². The first-order valence-corrected chi connectivity index (χ1v) is 9.20. The molecule has 1 amide bonds. The lowest BCUT2D eigenvalue weighted by Crippen LogP contribution is -2.40. The Hall–Kier alpha value is -3.42. The number of carbonyl (C=O) groups is 1. The van der Waals surface area contributed by atoms with Gasteiger partial charge in [0.25, 0.3) is 11.5 Å². The number of nitrogens with zero attached hydrogens (tertiary/aromatic N) is 5. The van der Waals surface area contributed by atoms with Gasteiger partial charge in [0.1, 0.15) is 0 Å². The summed E-state index contributed by atoms with van der Waals surface area (Å²) in [6.45, 7) is 3.01. The highest BCUT2D eigenvalue weighted by atomic mass is 16.2. The summed E-state index contributed by atoms with van der Waals surface area (Å²) in [4.78, 5) is 46.1. The first kappa shape index (κ1) is 18.0. The molecule has 1 N–H and O–H groups in total. The highest BCUT2D eigenvalue weighted by molar-refractivity contribution is 5.95. The van der Waals surface area contributed by atoms with Crippen LogP contribution in [0, 0.1) is 6.92 Å². The topological polar surface area (TPSA) is 105 Å². The second-order valence-corrected chi connectivity index (χ2v) is 6.86. The molecule has 3 aromatic rings. The number of aromatic nitrogens is 5. The highest BCUT2D eigenvalue weighted by Crippen LogP contribution is 2.26. The molecule has 1 atom stereocenters. The molecule has 0 spiro atoms. The van der Waals surface area contributed by atoms with Crippen LogP contribution in [0.2, 0.25) is 0 Å². The maximum atomic E-state index is 13.1. The summed E-state index contributed by atoms with van der Waals surface area (Å²) in [5.41, 5.74) is 2.48. The molecule has 1 saturated heterocycles. The number of hydrogen-bond donors (Lipinski definition) is 1. The maximum absolute atomic E-state index is 13.1. The number of rotatable bonds is 3. The molecule has 1 fully saturated rings. The zero-order valence-corrected chi connectivity index (χ0v) is 15.5. The minimum absolute atomic E-state index is 0.0518. The van der Waals surface area contributed by atoms with Crippen molar-refractivity contribution in [2.75, 3.05) is 13.1 Å². The van der Waals surface area contributed by atoms with Gasteiger partial charge in [0.2, 0.25) is 0 Å². The molecule has 3 aromatic heterocycles. The first-order chi connectivity index (χ1) is 13.6. The zero-order chi connectivity index (χ0) is 19.5. The molecule has 28 heavy (non-hydrogen) atoms. The van der Waals surface area contributed by atoms with E-state index < -0.39 is 0 Å². The molecular weight excluding hydrogens is 356 g/mol. The normalized spacial score (nSPS) is 16.8. The standard InChI is InChI=1S/C20H20N6O2/c1-13-16(10-22-19(25-13)14-4-2-6-21-9-14)20(28)26-7-3-5-15(11-26)17-8-18(27)24-12-23-17/h2,4,6,8-10,12,15H,3,5,7,11H2,1H3,(H,23,24,27). The number of carbonyl (C=O) groups excluding carboxylic acids is 1. The lowest BCUT2D eigenvalue weighted by molar-refractivity contribution is 0.0704. The van der Waals surface area contributed by atoms with E-state index in [1.807, 2.05) is 19.1 Å². The van der Waals surface area contributed by atoms with Crippen molar-refractivity contribution in [1.29, 1.82) is 0 Å². The number of pyridine rings is 1. The third-order valence-corrected chi connectivity index (χ3v) is 4.96. The van der Waals surface area contributed by atoms with E-state index in [1.165, 1.54) is 12.4 Å². The number of H-pyrrole nitrogens is 1. The van der Waals surface area contributed by atoms with Crippen molar-refractivity contribution < 1.29 is 4.79 Å². The Morgan fingerprint density at radius 2 is 2.18 bits per heavy atom. The summed E-state index contributed by atoms with van der Waals surface area (Å²) in [7, 11) is 0. The van der Waals surface area contributed by atoms with Gasteiger partial charge in [0, 0.05) is 49.2 Å². The van der Waals surface area contributed by atoms with Gasteiger partial charge in [0.15, 0.2) is 5.82 Å². The van der Waals surface area contributed by atoms with Crippen LogP contribution in [-0.2, 0) is 0 Å². The van der Waals surface area contributed by atoms with Crippen LogP contribution in [0.15, 0.2) is 47.9 Å². The van der Waals surface area contributed by atoms with E-state index in [-0.39, 0.29) is 17.4 Å². The van der Waals surface area contributed by atoms with E-state index in [2.05, 4.69) is 24.9 Å². The Morgan fingerprint density at radius 3 is 2.93 bits per heavy atom. The number of aromatic amines is 1. The number of amides is 1. The third kappa shape index (κ3) is 3.66. The van der Waals surface area contributed by atoms with Gasteiger partial charge in [-0.3, -0.25) is 14.6 Å². The molecule has 0 aliphatic carbocycles. The molecule has 1 aliphatic rings.